The lowest BCUT2D eigenvalue weighted by Gasteiger charge is -2.19. The van der Waals surface area contributed by atoms with E-state index >= 15 is 0 Å². The van der Waals surface area contributed by atoms with E-state index in [0.29, 0.717) is 0 Å². The molecule has 27 heavy (non-hydrogen) atoms. The van der Waals surface area contributed by atoms with Gasteiger partial charge in [-0.15, -0.1) is 11.8 Å². The average Bonchev–Trinajstić information content (AvgIpc) is 2.70. The molecule has 0 fully saturated rings. The topological polar surface area (TPSA) is 42.2 Å². The normalized spacial score (nSPS) is 11.7. The number of halogens is 1. The summed E-state index contributed by atoms with van der Waals surface area (Å²) in [5, 5.41) is 9.59. The van der Waals surface area contributed by atoms with E-state index in [1.165, 1.54) is 22.8 Å². The number of nitriles is 1. The predicted octanol–water partition coefficient (Wildman–Crippen LogP) is 6.52. The van der Waals surface area contributed by atoms with Gasteiger partial charge in [0.2, 0.25) is 0 Å². The highest BCUT2D eigenvalue weighted by Gasteiger charge is 2.22. The molecule has 0 N–H and O–H groups in total. The fourth-order valence-electron chi connectivity index (χ4n) is 2.99. The molecule has 0 saturated carbocycles. The molecule has 0 spiro atoms. The molecule has 3 nitrogen and oxygen atoms in total. The highest BCUT2D eigenvalue weighted by molar-refractivity contribution is 14.1. The third-order valence-electron chi connectivity index (χ3n) is 4.42. The highest BCUT2D eigenvalue weighted by atomic mass is 127. The number of nitrogens with zero attached hydrogens (tertiary/aromatic N) is 1. The van der Waals surface area contributed by atoms with Crippen molar-refractivity contribution in [2.24, 2.45) is 0 Å². The molecule has 0 bridgehead atoms. The number of ether oxygens (including phenoxy) is 2. The van der Waals surface area contributed by atoms with Gasteiger partial charge in [-0.1, -0.05) is 52.8 Å². The van der Waals surface area contributed by atoms with Gasteiger partial charge < -0.3 is 9.47 Å². The Bertz CT molecular complexity index is 771. The molecular formula is C22H26INO2S. The van der Waals surface area contributed by atoms with E-state index in [9.17, 15) is 5.26 Å². The molecule has 1 atom stereocenters. The van der Waals surface area contributed by atoms with Crippen LogP contribution in [0.15, 0.2) is 41.3 Å². The summed E-state index contributed by atoms with van der Waals surface area (Å²) >= 11 is 4.00. The molecule has 0 aliphatic carbocycles. The number of rotatable bonds is 10. The fourth-order valence-corrected chi connectivity index (χ4v) is 4.50. The van der Waals surface area contributed by atoms with Gasteiger partial charge in [-0.05, 0) is 54.4 Å². The monoisotopic (exact) mass is 495 g/mol. The Morgan fingerprint density at radius 3 is 2.37 bits per heavy atom. The second kappa shape index (κ2) is 11.5. The molecule has 0 aromatic heterocycles. The number of benzene rings is 2. The summed E-state index contributed by atoms with van der Waals surface area (Å²) in [7, 11) is 3.32. The summed E-state index contributed by atoms with van der Waals surface area (Å²) in [6, 6.07) is 14.7. The molecule has 2 rings (SSSR count). The number of thioether (sulfide) groups is 1. The van der Waals surface area contributed by atoms with Gasteiger partial charge in [-0.25, -0.2) is 0 Å². The lowest BCUT2D eigenvalue weighted by molar-refractivity contribution is 0.350. The van der Waals surface area contributed by atoms with Crippen LogP contribution in [0, 0.1) is 18.3 Å². The van der Waals surface area contributed by atoms with Crippen molar-refractivity contribution in [1.82, 2.24) is 0 Å². The molecule has 0 aliphatic heterocycles. The Kier molecular flexibility index (Phi) is 9.29. The van der Waals surface area contributed by atoms with Crippen LogP contribution in [0.2, 0.25) is 0 Å². The summed E-state index contributed by atoms with van der Waals surface area (Å²) in [5.74, 6) is 1.48. The van der Waals surface area contributed by atoms with E-state index in [1.807, 2.05) is 12.1 Å². The smallest absolute Gasteiger partial charge is 0.164 e. The minimum Gasteiger partial charge on any atom is -0.493 e. The van der Waals surface area contributed by atoms with Gasteiger partial charge in [0, 0.05) is 10.5 Å². The second-order valence-electron chi connectivity index (χ2n) is 6.31. The summed E-state index contributed by atoms with van der Waals surface area (Å²) < 4.78 is 12.3. The van der Waals surface area contributed by atoms with Crippen LogP contribution in [-0.4, -0.2) is 18.6 Å². The van der Waals surface area contributed by atoms with Crippen LogP contribution >= 0.6 is 34.4 Å². The van der Waals surface area contributed by atoms with Gasteiger partial charge in [0.15, 0.2) is 11.5 Å². The summed E-state index contributed by atoms with van der Waals surface area (Å²) in [6.07, 6.45) is 4.35. The quantitative estimate of drug-likeness (QED) is 0.163. The zero-order chi connectivity index (χ0) is 19.6. The van der Waals surface area contributed by atoms with Crippen LogP contribution in [-0.2, 0) is 6.42 Å². The van der Waals surface area contributed by atoms with E-state index in [4.69, 9.17) is 9.47 Å². The van der Waals surface area contributed by atoms with Crippen LogP contribution in [0.25, 0.3) is 0 Å². The number of unbranched alkanes of at least 4 members (excludes halogenated alkanes) is 2. The Balaban J connectivity index is 2.36. The number of hydrogen-bond donors (Lipinski definition) is 0. The van der Waals surface area contributed by atoms with Crippen molar-refractivity contribution in [3.05, 3.63) is 53.1 Å². The first-order chi connectivity index (χ1) is 13.1. The minimum absolute atomic E-state index is 0.285. The minimum atomic E-state index is -0.285. The molecule has 0 amide bonds. The standard InChI is InChI=1S/C22H26INO2S/c1-16-8-10-17(11-9-16)27-21(15-24)18-12-13-20(25-2)22(26-3)19(18)7-5-4-6-14-23/h8-13,21H,4-7,14H2,1-3H3. The first-order valence-electron chi connectivity index (χ1n) is 9.07. The zero-order valence-electron chi connectivity index (χ0n) is 16.1. The Labute approximate surface area is 180 Å². The van der Waals surface area contributed by atoms with E-state index in [-0.39, 0.29) is 5.25 Å². The maximum Gasteiger partial charge on any atom is 0.164 e. The van der Waals surface area contributed by atoms with Gasteiger partial charge in [-0.2, -0.15) is 5.26 Å². The third kappa shape index (κ3) is 6.05. The SMILES string of the molecule is COc1ccc(C(C#N)Sc2ccc(C)cc2)c(CCCCCI)c1OC. The van der Waals surface area contributed by atoms with Crippen molar-refractivity contribution in [1.29, 1.82) is 5.26 Å². The van der Waals surface area contributed by atoms with Crippen molar-refractivity contribution in [3.63, 3.8) is 0 Å². The maximum atomic E-state index is 9.88. The summed E-state index contributed by atoms with van der Waals surface area (Å²) in [5.41, 5.74) is 3.33. The first kappa shape index (κ1) is 21.9. The molecule has 5 heteroatoms. The molecule has 0 heterocycles. The van der Waals surface area contributed by atoms with Crippen molar-refractivity contribution in [2.75, 3.05) is 18.6 Å². The second-order valence-corrected chi connectivity index (χ2v) is 8.57. The maximum absolute atomic E-state index is 9.88. The largest absolute Gasteiger partial charge is 0.493 e. The Morgan fingerprint density at radius 2 is 1.78 bits per heavy atom. The average molecular weight is 495 g/mol. The van der Waals surface area contributed by atoms with Crippen LogP contribution in [0.5, 0.6) is 11.5 Å². The fraction of sp³-hybridized carbons (Fsp3) is 0.409. The van der Waals surface area contributed by atoms with Gasteiger partial charge >= 0.3 is 0 Å². The van der Waals surface area contributed by atoms with Crippen molar-refractivity contribution < 1.29 is 9.47 Å². The molecule has 0 aliphatic rings. The molecule has 0 radical (unpaired) electrons. The summed E-state index contributed by atoms with van der Waals surface area (Å²) in [4.78, 5) is 1.10. The van der Waals surface area contributed by atoms with Crippen molar-refractivity contribution in [3.8, 4) is 17.6 Å². The molecule has 1 unspecified atom stereocenters. The summed E-state index contributed by atoms with van der Waals surface area (Å²) in [6.45, 7) is 2.07. The predicted molar refractivity (Wildman–Crippen MR) is 121 cm³/mol. The number of aryl methyl sites for hydroxylation is 1. The molecule has 2 aromatic rings. The van der Waals surface area contributed by atoms with Gasteiger partial charge in [0.05, 0.1) is 20.3 Å². The number of hydrogen-bond acceptors (Lipinski definition) is 4. The third-order valence-corrected chi connectivity index (χ3v) is 6.32. The highest BCUT2D eigenvalue weighted by Crippen LogP contribution is 2.42. The van der Waals surface area contributed by atoms with Gasteiger partial charge in [0.1, 0.15) is 5.25 Å². The van der Waals surface area contributed by atoms with Crippen LogP contribution in [0.4, 0.5) is 0 Å². The van der Waals surface area contributed by atoms with Gasteiger partial charge in [-0.3, -0.25) is 0 Å². The number of alkyl halides is 1. The molecule has 0 saturated heterocycles. The number of methoxy groups -OCH3 is 2. The van der Waals surface area contributed by atoms with E-state index in [1.54, 1.807) is 26.0 Å². The Hall–Kier alpha value is -1.39. The molecular weight excluding hydrogens is 469 g/mol. The zero-order valence-corrected chi connectivity index (χ0v) is 19.1. The van der Waals surface area contributed by atoms with E-state index < -0.39 is 0 Å². The van der Waals surface area contributed by atoms with Crippen LogP contribution in [0.3, 0.4) is 0 Å². The van der Waals surface area contributed by atoms with Crippen molar-refractivity contribution >= 4 is 34.4 Å². The van der Waals surface area contributed by atoms with Crippen LogP contribution in [0.1, 0.15) is 41.2 Å². The van der Waals surface area contributed by atoms with E-state index in [0.717, 1.165) is 40.4 Å². The first-order valence-corrected chi connectivity index (χ1v) is 11.5. The van der Waals surface area contributed by atoms with Crippen LogP contribution < -0.4 is 9.47 Å². The van der Waals surface area contributed by atoms with Gasteiger partial charge in [0.25, 0.3) is 0 Å². The Morgan fingerprint density at radius 1 is 1.04 bits per heavy atom. The lowest BCUT2D eigenvalue weighted by Crippen LogP contribution is -2.04. The van der Waals surface area contributed by atoms with Crippen molar-refractivity contribution in [2.45, 2.75) is 42.8 Å². The lowest BCUT2D eigenvalue weighted by atomic mass is 9.97. The van der Waals surface area contributed by atoms with E-state index in [2.05, 4.69) is 59.8 Å². The molecule has 144 valence electrons. The molecule has 2 aromatic carbocycles.